The largest absolute Gasteiger partial charge is 0.302 e. The zero-order chi connectivity index (χ0) is 12.6. The third-order valence-corrected chi connectivity index (χ3v) is 5.69. The second-order valence-corrected chi connectivity index (χ2v) is 6.60. The lowest BCUT2D eigenvalue weighted by atomic mass is 9.79. The summed E-state index contributed by atoms with van der Waals surface area (Å²) >= 11 is 0. The summed E-state index contributed by atoms with van der Waals surface area (Å²) < 4.78 is 0. The molecule has 0 aromatic rings. The molecule has 2 aliphatic carbocycles. The zero-order valence-electron chi connectivity index (χ0n) is 11.5. The molecular weight excluding hydrogens is 222 g/mol. The Morgan fingerprint density at radius 3 is 2.50 bits per heavy atom. The molecule has 3 heteroatoms. The van der Waals surface area contributed by atoms with E-state index in [1.54, 1.807) is 0 Å². The first-order valence-corrected chi connectivity index (χ1v) is 7.60. The maximum atomic E-state index is 9.43. The first kappa shape index (κ1) is 12.4. The van der Waals surface area contributed by atoms with Crippen LogP contribution in [0.3, 0.4) is 0 Å². The summed E-state index contributed by atoms with van der Waals surface area (Å²) in [5, 5.41) is 12.7. The quantitative estimate of drug-likeness (QED) is 0.812. The van der Waals surface area contributed by atoms with Gasteiger partial charge in [0.2, 0.25) is 0 Å². The first-order chi connectivity index (χ1) is 8.76. The molecule has 3 fully saturated rings. The van der Waals surface area contributed by atoms with E-state index < -0.39 is 0 Å². The number of fused-ring (bicyclic) bond motifs is 1. The summed E-state index contributed by atoms with van der Waals surface area (Å²) in [6.45, 7) is 2.61. The average molecular weight is 247 g/mol. The Morgan fingerprint density at radius 2 is 1.89 bits per heavy atom. The van der Waals surface area contributed by atoms with Gasteiger partial charge in [0.05, 0.1) is 6.07 Å². The van der Waals surface area contributed by atoms with Gasteiger partial charge in [0.25, 0.3) is 0 Å². The van der Waals surface area contributed by atoms with Gasteiger partial charge in [-0.05, 0) is 57.4 Å². The van der Waals surface area contributed by atoms with Crippen molar-refractivity contribution in [1.29, 1.82) is 5.26 Å². The van der Waals surface area contributed by atoms with Gasteiger partial charge in [-0.15, -0.1) is 0 Å². The van der Waals surface area contributed by atoms with Crippen molar-refractivity contribution < 1.29 is 0 Å². The second kappa shape index (κ2) is 4.83. The molecule has 1 saturated heterocycles. The highest BCUT2D eigenvalue weighted by Gasteiger charge is 2.43. The molecule has 0 amide bonds. The molecule has 0 spiro atoms. The molecule has 1 heterocycles. The van der Waals surface area contributed by atoms with Gasteiger partial charge >= 0.3 is 0 Å². The van der Waals surface area contributed by atoms with E-state index in [4.69, 9.17) is 0 Å². The van der Waals surface area contributed by atoms with Crippen LogP contribution >= 0.6 is 0 Å². The number of nitriles is 1. The fraction of sp³-hybridized carbons (Fsp3) is 0.933. The molecule has 3 nitrogen and oxygen atoms in total. The van der Waals surface area contributed by atoms with Crippen LogP contribution in [-0.2, 0) is 0 Å². The van der Waals surface area contributed by atoms with Crippen LogP contribution in [0, 0.1) is 23.2 Å². The highest BCUT2D eigenvalue weighted by molar-refractivity contribution is 5.11. The Labute approximate surface area is 111 Å². The monoisotopic (exact) mass is 247 g/mol. The van der Waals surface area contributed by atoms with Gasteiger partial charge in [-0.2, -0.15) is 5.26 Å². The Morgan fingerprint density at radius 1 is 1.17 bits per heavy atom. The number of hydrogen-bond donors (Lipinski definition) is 1. The fourth-order valence-electron chi connectivity index (χ4n) is 4.51. The molecule has 4 unspecified atom stereocenters. The molecule has 0 aromatic heterocycles. The van der Waals surface area contributed by atoms with Crippen LogP contribution in [0.25, 0.3) is 0 Å². The summed E-state index contributed by atoms with van der Waals surface area (Å²) in [6, 6.07) is 3.18. The molecule has 0 bridgehead atoms. The smallest absolute Gasteiger partial charge is 0.108 e. The van der Waals surface area contributed by atoms with Crippen LogP contribution in [0.15, 0.2) is 0 Å². The van der Waals surface area contributed by atoms with Crippen molar-refractivity contribution in [3.63, 3.8) is 0 Å². The molecule has 0 aromatic carbocycles. The van der Waals surface area contributed by atoms with E-state index in [9.17, 15) is 5.26 Å². The van der Waals surface area contributed by atoms with E-state index in [0.29, 0.717) is 6.04 Å². The Bertz CT molecular complexity index is 336. The Hall–Kier alpha value is -0.590. The lowest BCUT2D eigenvalue weighted by Gasteiger charge is -2.40. The average Bonchev–Trinajstić information content (AvgIpc) is 2.99. The number of rotatable bonds is 2. The van der Waals surface area contributed by atoms with Crippen molar-refractivity contribution in [2.75, 3.05) is 20.1 Å². The van der Waals surface area contributed by atoms with E-state index in [2.05, 4.69) is 16.3 Å². The second-order valence-electron chi connectivity index (χ2n) is 6.60. The summed E-state index contributed by atoms with van der Waals surface area (Å²) in [5.74, 6) is 1.94. The van der Waals surface area contributed by atoms with Crippen molar-refractivity contribution in [3.05, 3.63) is 0 Å². The molecule has 4 atom stereocenters. The van der Waals surface area contributed by atoms with Gasteiger partial charge in [0.15, 0.2) is 0 Å². The molecular formula is C15H25N3. The highest BCUT2D eigenvalue weighted by Crippen LogP contribution is 2.41. The highest BCUT2D eigenvalue weighted by atomic mass is 15.2. The number of nitrogens with one attached hydrogen (secondary N) is 1. The van der Waals surface area contributed by atoms with Crippen molar-refractivity contribution in [3.8, 4) is 6.07 Å². The van der Waals surface area contributed by atoms with Crippen LogP contribution in [0.2, 0.25) is 0 Å². The minimum absolute atomic E-state index is 0.249. The molecule has 0 radical (unpaired) electrons. The maximum Gasteiger partial charge on any atom is 0.108 e. The van der Waals surface area contributed by atoms with Crippen LogP contribution < -0.4 is 5.32 Å². The van der Waals surface area contributed by atoms with E-state index in [0.717, 1.165) is 24.7 Å². The number of likely N-dealkylation sites (tertiary alicyclic amines) is 1. The minimum atomic E-state index is -0.249. The minimum Gasteiger partial charge on any atom is -0.302 e. The summed E-state index contributed by atoms with van der Waals surface area (Å²) in [4.78, 5) is 2.71. The predicted octanol–water partition coefficient (Wildman–Crippen LogP) is 2.14. The van der Waals surface area contributed by atoms with E-state index in [1.165, 1.54) is 45.2 Å². The SMILES string of the molecule is CNC1(C#N)CCCC(N2CC3CCCC3C2)C1. The summed E-state index contributed by atoms with van der Waals surface area (Å²) in [6.07, 6.45) is 8.89. The molecule has 18 heavy (non-hydrogen) atoms. The van der Waals surface area contributed by atoms with E-state index in [-0.39, 0.29) is 5.54 Å². The van der Waals surface area contributed by atoms with Gasteiger partial charge in [0, 0.05) is 19.1 Å². The van der Waals surface area contributed by atoms with Crippen molar-refractivity contribution in [2.45, 2.75) is 56.5 Å². The summed E-state index contributed by atoms with van der Waals surface area (Å²) in [7, 11) is 1.95. The lowest BCUT2D eigenvalue weighted by Crippen LogP contribution is -2.51. The topological polar surface area (TPSA) is 39.1 Å². The van der Waals surface area contributed by atoms with Gasteiger partial charge in [-0.1, -0.05) is 6.42 Å². The number of hydrogen-bond acceptors (Lipinski definition) is 3. The maximum absolute atomic E-state index is 9.43. The fourth-order valence-corrected chi connectivity index (χ4v) is 4.51. The number of nitrogens with zero attached hydrogens (tertiary/aromatic N) is 2. The van der Waals surface area contributed by atoms with Gasteiger partial charge in [-0.25, -0.2) is 0 Å². The molecule has 1 N–H and O–H groups in total. The summed E-state index contributed by atoms with van der Waals surface area (Å²) in [5.41, 5.74) is -0.249. The van der Waals surface area contributed by atoms with Gasteiger partial charge in [-0.3, -0.25) is 4.90 Å². The lowest BCUT2D eigenvalue weighted by molar-refractivity contribution is 0.139. The van der Waals surface area contributed by atoms with Crippen LogP contribution in [0.1, 0.15) is 44.9 Å². The van der Waals surface area contributed by atoms with Crippen LogP contribution in [0.5, 0.6) is 0 Å². The third-order valence-electron chi connectivity index (χ3n) is 5.69. The Balaban J connectivity index is 1.65. The molecule has 1 aliphatic heterocycles. The molecule has 3 aliphatic rings. The zero-order valence-corrected chi connectivity index (χ0v) is 11.5. The van der Waals surface area contributed by atoms with Crippen LogP contribution in [0.4, 0.5) is 0 Å². The van der Waals surface area contributed by atoms with Gasteiger partial charge < -0.3 is 5.32 Å². The predicted molar refractivity (Wildman–Crippen MR) is 72.1 cm³/mol. The normalized spacial score (nSPS) is 44.8. The molecule has 3 rings (SSSR count). The molecule has 2 saturated carbocycles. The van der Waals surface area contributed by atoms with Crippen molar-refractivity contribution in [1.82, 2.24) is 10.2 Å². The third kappa shape index (κ3) is 2.06. The van der Waals surface area contributed by atoms with Gasteiger partial charge in [0.1, 0.15) is 5.54 Å². The Kier molecular flexibility index (Phi) is 3.34. The molecule has 100 valence electrons. The van der Waals surface area contributed by atoms with E-state index >= 15 is 0 Å². The standard InChI is InChI=1S/C15H25N3/c1-17-15(11-16)7-3-6-14(8-15)18-9-12-4-2-5-13(12)10-18/h12-14,17H,2-10H2,1H3. The first-order valence-electron chi connectivity index (χ1n) is 7.60. The van der Waals surface area contributed by atoms with Crippen molar-refractivity contribution >= 4 is 0 Å². The van der Waals surface area contributed by atoms with E-state index in [1.807, 2.05) is 7.05 Å². The van der Waals surface area contributed by atoms with Crippen LogP contribution in [-0.4, -0.2) is 36.6 Å². The van der Waals surface area contributed by atoms with Crippen molar-refractivity contribution in [2.24, 2.45) is 11.8 Å².